The molecule has 152 valence electrons. The molecule has 2 amide bonds. The summed E-state index contributed by atoms with van der Waals surface area (Å²) in [5.41, 5.74) is 2.24. The van der Waals surface area contributed by atoms with Crippen LogP contribution >= 0.6 is 22.7 Å². The van der Waals surface area contributed by atoms with Gasteiger partial charge in [0.25, 0.3) is 5.91 Å². The van der Waals surface area contributed by atoms with E-state index >= 15 is 0 Å². The standard InChI is InChI=1S/C21H18N4O3S2/c1-28-12-18(26)22-14-7-9-15(10-8-14)23-19(27)16-11-17-20(29-16)25-21(30-17)24-13-5-3-2-4-6-13/h2-11H,12H2,1H3,(H,22,26)(H,23,27)(H,24,25). The van der Waals surface area contributed by atoms with Crippen molar-refractivity contribution >= 4 is 66.2 Å². The number of methoxy groups -OCH3 is 1. The van der Waals surface area contributed by atoms with Crippen LogP contribution in [0.4, 0.5) is 22.2 Å². The number of para-hydroxylation sites is 1. The van der Waals surface area contributed by atoms with Crippen LogP contribution in [0.2, 0.25) is 0 Å². The number of hydrogen-bond donors (Lipinski definition) is 3. The zero-order valence-electron chi connectivity index (χ0n) is 16.0. The van der Waals surface area contributed by atoms with E-state index in [1.807, 2.05) is 36.4 Å². The molecule has 0 aliphatic heterocycles. The predicted molar refractivity (Wildman–Crippen MR) is 122 cm³/mol. The molecule has 30 heavy (non-hydrogen) atoms. The third-order valence-electron chi connectivity index (χ3n) is 4.04. The molecule has 0 saturated heterocycles. The van der Waals surface area contributed by atoms with Gasteiger partial charge in [0.2, 0.25) is 5.91 Å². The number of nitrogens with one attached hydrogen (secondary N) is 3. The quantitative estimate of drug-likeness (QED) is 0.380. The molecule has 0 bridgehead atoms. The van der Waals surface area contributed by atoms with Gasteiger partial charge in [-0.3, -0.25) is 9.59 Å². The maximum Gasteiger partial charge on any atom is 0.265 e. The number of anilines is 4. The van der Waals surface area contributed by atoms with Gasteiger partial charge in [-0.1, -0.05) is 29.5 Å². The van der Waals surface area contributed by atoms with E-state index in [4.69, 9.17) is 4.74 Å². The number of carbonyl (C=O) groups is 2. The number of benzene rings is 2. The SMILES string of the molecule is COCC(=O)Nc1ccc(NC(=O)c2cc3sc(Nc4ccccc4)nc3s2)cc1. The highest BCUT2D eigenvalue weighted by molar-refractivity contribution is 7.29. The number of rotatable bonds is 7. The molecule has 0 fully saturated rings. The van der Waals surface area contributed by atoms with E-state index in [1.54, 1.807) is 24.3 Å². The van der Waals surface area contributed by atoms with Crippen molar-refractivity contribution in [1.29, 1.82) is 0 Å². The Morgan fingerprint density at radius 1 is 0.933 bits per heavy atom. The summed E-state index contributed by atoms with van der Waals surface area (Å²) >= 11 is 2.86. The van der Waals surface area contributed by atoms with Crippen molar-refractivity contribution in [2.75, 3.05) is 29.7 Å². The van der Waals surface area contributed by atoms with Gasteiger partial charge in [0.15, 0.2) is 5.13 Å². The lowest BCUT2D eigenvalue weighted by Crippen LogP contribution is -2.17. The molecule has 2 heterocycles. The second-order valence-corrected chi connectivity index (χ2v) is 8.36. The zero-order valence-corrected chi connectivity index (χ0v) is 17.6. The van der Waals surface area contributed by atoms with Crippen LogP contribution < -0.4 is 16.0 Å². The van der Waals surface area contributed by atoms with Crippen molar-refractivity contribution in [3.63, 3.8) is 0 Å². The molecule has 2 aromatic heterocycles. The average molecular weight is 439 g/mol. The molecule has 3 N–H and O–H groups in total. The first-order chi connectivity index (χ1) is 14.6. The van der Waals surface area contributed by atoms with Gasteiger partial charge in [0.05, 0.1) is 9.58 Å². The van der Waals surface area contributed by atoms with Crippen LogP contribution in [0.5, 0.6) is 0 Å². The lowest BCUT2D eigenvalue weighted by Gasteiger charge is -2.07. The highest BCUT2D eigenvalue weighted by Gasteiger charge is 2.14. The van der Waals surface area contributed by atoms with E-state index in [2.05, 4.69) is 20.9 Å². The van der Waals surface area contributed by atoms with E-state index in [9.17, 15) is 9.59 Å². The second kappa shape index (κ2) is 9.04. The first-order valence-electron chi connectivity index (χ1n) is 9.03. The number of aromatic nitrogens is 1. The summed E-state index contributed by atoms with van der Waals surface area (Å²) in [6.45, 7) is -0.00932. The predicted octanol–water partition coefficient (Wildman–Crippen LogP) is 4.94. The summed E-state index contributed by atoms with van der Waals surface area (Å²) in [5.74, 6) is -0.430. The van der Waals surface area contributed by atoms with Crippen LogP contribution in [-0.2, 0) is 9.53 Å². The Labute approximate surface area is 180 Å². The Morgan fingerprint density at radius 2 is 1.63 bits per heavy atom. The molecule has 7 nitrogen and oxygen atoms in total. The molecule has 9 heteroatoms. The summed E-state index contributed by atoms with van der Waals surface area (Å²) in [7, 11) is 1.46. The number of amides is 2. The lowest BCUT2D eigenvalue weighted by atomic mass is 10.2. The Balaban J connectivity index is 1.39. The van der Waals surface area contributed by atoms with Crippen molar-refractivity contribution in [2.24, 2.45) is 0 Å². The molecule has 0 spiro atoms. The zero-order chi connectivity index (χ0) is 20.9. The third kappa shape index (κ3) is 4.82. The number of thiazole rings is 1. The molecule has 0 unspecified atom stereocenters. The minimum atomic E-state index is -0.235. The van der Waals surface area contributed by atoms with Gasteiger partial charge in [0, 0.05) is 24.2 Å². The van der Waals surface area contributed by atoms with E-state index in [1.165, 1.54) is 29.8 Å². The fraction of sp³-hybridized carbons (Fsp3) is 0.0952. The third-order valence-corrected chi connectivity index (χ3v) is 6.11. The van der Waals surface area contributed by atoms with Gasteiger partial charge in [-0.15, -0.1) is 11.3 Å². The van der Waals surface area contributed by atoms with Crippen molar-refractivity contribution in [3.05, 3.63) is 65.5 Å². The smallest absolute Gasteiger partial charge is 0.265 e. The van der Waals surface area contributed by atoms with Gasteiger partial charge >= 0.3 is 0 Å². The molecular formula is C21H18N4O3S2. The van der Waals surface area contributed by atoms with Crippen molar-refractivity contribution in [3.8, 4) is 0 Å². The van der Waals surface area contributed by atoms with Crippen LogP contribution in [0.15, 0.2) is 60.7 Å². The fourth-order valence-electron chi connectivity index (χ4n) is 2.70. The number of carbonyl (C=O) groups excluding carboxylic acids is 2. The monoisotopic (exact) mass is 438 g/mol. The summed E-state index contributed by atoms with van der Waals surface area (Å²) in [6, 6.07) is 18.6. The Bertz CT molecular complexity index is 1140. The van der Waals surface area contributed by atoms with Gasteiger partial charge in [-0.05, 0) is 42.5 Å². The number of ether oxygens (including phenoxy) is 1. The Kier molecular flexibility index (Phi) is 6.03. The molecule has 4 rings (SSSR count). The maximum atomic E-state index is 12.6. The van der Waals surface area contributed by atoms with Crippen LogP contribution in [0.1, 0.15) is 9.67 Å². The van der Waals surface area contributed by atoms with Crippen molar-refractivity contribution in [2.45, 2.75) is 0 Å². The van der Waals surface area contributed by atoms with Crippen LogP contribution in [0, 0.1) is 0 Å². The summed E-state index contributed by atoms with van der Waals surface area (Å²) in [5, 5.41) is 9.63. The Hall–Kier alpha value is -3.27. The summed E-state index contributed by atoms with van der Waals surface area (Å²) < 4.78 is 5.74. The molecule has 4 aromatic rings. The van der Waals surface area contributed by atoms with E-state index in [-0.39, 0.29) is 18.4 Å². The molecule has 0 aliphatic carbocycles. The van der Waals surface area contributed by atoms with Crippen LogP contribution in [-0.4, -0.2) is 30.5 Å². The number of thiophene rings is 1. The van der Waals surface area contributed by atoms with Gasteiger partial charge in [-0.25, -0.2) is 4.98 Å². The average Bonchev–Trinajstić information content (AvgIpc) is 3.29. The van der Waals surface area contributed by atoms with Gasteiger partial charge in [0.1, 0.15) is 11.4 Å². The normalized spacial score (nSPS) is 10.7. The minimum Gasteiger partial charge on any atom is -0.375 e. The maximum absolute atomic E-state index is 12.6. The second-order valence-electron chi connectivity index (χ2n) is 6.30. The number of hydrogen-bond acceptors (Lipinski definition) is 7. The van der Waals surface area contributed by atoms with E-state index < -0.39 is 0 Å². The summed E-state index contributed by atoms with van der Waals surface area (Å²) in [4.78, 5) is 30.1. The molecule has 0 saturated carbocycles. The van der Waals surface area contributed by atoms with Crippen LogP contribution in [0.25, 0.3) is 9.53 Å². The van der Waals surface area contributed by atoms with Crippen LogP contribution in [0.3, 0.4) is 0 Å². The highest BCUT2D eigenvalue weighted by Crippen LogP contribution is 2.34. The molecular weight excluding hydrogens is 420 g/mol. The van der Waals surface area contributed by atoms with E-state index in [0.717, 1.165) is 20.3 Å². The van der Waals surface area contributed by atoms with Crippen molar-refractivity contribution < 1.29 is 14.3 Å². The molecule has 0 atom stereocenters. The molecule has 0 radical (unpaired) electrons. The number of fused-ring (bicyclic) bond motifs is 1. The summed E-state index contributed by atoms with van der Waals surface area (Å²) in [6.07, 6.45) is 0. The van der Waals surface area contributed by atoms with E-state index in [0.29, 0.717) is 16.3 Å². The minimum absolute atomic E-state index is 0.00932. The lowest BCUT2D eigenvalue weighted by molar-refractivity contribution is -0.119. The molecule has 0 aliphatic rings. The fourth-order valence-corrected chi connectivity index (χ4v) is 4.73. The largest absolute Gasteiger partial charge is 0.375 e. The topological polar surface area (TPSA) is 92.4 Å². The highest BCUT2D eigenvalue weighted by atomic mass is 32.1. The van der Waals surface area contributed by atoms with Gasteiger partial charge in [-0.2, -0.15) is 0 Å². The molecule has 2 aromatic carbocycles. The number of nitrogens with zero attached hydrogens (tertiary/aromatic N) is 1. The first kappa shape index (κ1) is 20.0. The van der Waals surface area contributed by atoms with Crippen molar-refractivity contribution in [1.82, 2.24) is 4.98 Å². The van der Waals surface area contributed by atoms with Gasteiger partial charge < -0.3 is 20.7 Å². The first-order valence-corrected chi connectivity index (χ1v) is 10.7. The Morgan fingerprint density at radius 3 is 2.30 bits per heavy atom.